The molecule has 2 aromatic heterocycles. The van der Waals surface area contributed by atoms with Gasteiger partial charge in [-0.3, -0.25) is 19.1 Å². The number of hydrogen-bond donors (Lipinski definition) is 8. The molecule has 0 saturated heterocycles. The molecule has 8 N–H and O–H groups in total. The van der Waals surface area contributed by atoms with Crippen LogP contribution in [0.3, 0.4) is 0 Å². The van der Waals surface area contributed by atoms with Gasteiger partial charge in [0.05, 0.1) is 0 Å². The van der Waals surface area contributed by atoms with Crippen molar-refractivity contribution in [3.8, 4) is 0 Å². The summed E-state index contributed by atoms with van der Waals surface area (Å²) in [6.07, 6.45) is 2.42. The molecule has 52 heavy (non-hydrogen) atoms. The highest BCUT2D eigenvalue weighted by atomic mass is 32.2. The lowest BCUT2D eigenvalue weighted by molar-refractivity contribution is 0.480. The van der Waals surface area contributed by atoms with Crippen molar-refractivity contribution in [2.45, 2.75) is 9.79 Å². The molecule has 4 aromatic carbocycles. The number of nitrogens with zero attached hydrogens (tertiary/aromatic N) is 4. The Morgan fingerprint density at radius 2 is 0.885 bits per heavy atom. The fraction of sp³-hybridized carbons (Fsp3) is 0. The van der Waals surface area contributed by atoms with E-state index in [1.54, 1.807) is 60.7 Å². The second-order valence-electron chi connectivity index (χ2n) is 10.7. The van der Waals surface area contributed by atoms with Crippen LogP contribution in [-0.2, 0) is 20.2 Å². The molecule has 0 atom stereocenters. The van der Waals surface area contributed by atoms with Gasteiger partial charge in [-0.1, -0.05) is 60.7 Å². The maximum absolute atomic E-state index is 12.4. The summed E-state index contributed by atoms with van der Waals surface area (Å²) in [5, 5.41) is 11.3. The molecule has 6 rings (SSSR count). The summed E-state index contributed by atoms with van der Waals surface area (Å²) in [6, 6.07) is 25.2. The SMILES string of the molecule is O=c1nc(Nc2ccccc2)nc(Nc2ccc(C=Cc3ccc(Nc4nc(Nc5ccccc5)nc(=O)[nH]4)cc3S(=O)(=O)O)c(S(=O)(=O)O)c2)[nH]1. The van der Waals surface area contributed by atoms with Crippen LogP contribution in [0.25, 0.3) is 12.2 Å². The normalized spacial score (nSPS) is 11.7. The van der Waals surface area contributed by atoms with Crippen LogP contribution in [-0.4, -0.2) is 55.8 Å². The minimum Gasteiger partial charge on any atom is -0.326 e. The van der Waals surface area contributed by atoms with Crippen molar-refractivity contribution in [3.63, 3.8) is 0 Å². The Morgan fingerprint density at radius 1 is 0.500 bits per heavy atom. The van der Waals surface area contributed by atoms with Crippen molar-refractivity contribution < 1.29 is 25.9 Å². The number of nitrogens with one attached hydrogen (secondary N) is 6. The number of hydrogen-bond acceptors (Lipinski definition) is 14. The highest BCUT2D eigenvalue weighted by molar-refractivity contribution is 7.86. The molecule has 264 valence electrons. The molecule has 0 bridgehead atoms. The highest BCUT2D eigenvalue weighted by Crippen LogP contribution is 2.28. The van der Waals surface area contributed by atoms with Crippen molar-refractivity contribution >= 4 is 78.9 Å². The van der Waals surface area contributed by atoms with E-state index in [2.05, 4.69) is 51.2 Å². The molecule has 0 unspecified atom stereocenters. The number of H-pyrrole nitrogens is 2. The molecule has 0 aliphatic carbocycles. The van der Waals surface area contributed by atoms with E-state index in [0.717, 1.165) is 12.1 Å². The summed E-state index contributed by atoms with van der Waals surface area (Å²) in [5.41, 5.74) is -0.202. The first-order valence-corrected chi connectivity index (χ1v) is 17.7. The minimum atomic E-state index is -4.85. The number of para-hydroxylation sites is 2. The van der Waals surface area contributed by atoms with Crippen molar-refractivity contribution in [2.24, 2.45) is 0 Å². The van der Waals surface area contributed by atoms with E-state index in [9.17, 15) is 35.5 Å². The molecule has 2 heterocycles. The predicted octanol–water partition coefficient (Wildman–Crippen LogP) is 4.28. The third-order valence-electron chi connectivity index (χ3n) is 6.91. The summed E-state index contributed by atoms with van der Waals surface area (Å²) in [4.78, 5) is 43.8. The summed E-state index contributed by atoms with van der Waals surface area (Å²) >= 11 is 0. The van der Waals surface area contributed by atoms with E-state index in [-0.39, 0.29) is 46.3 Å². The predicted molar refractivity (Wildman–Crippen MR) is 193 cm³/mol. The average Bonchev–Trinajstić information content (AvgIpc) is 3.07. The molecule has 0 radical (unpaired) electrons. The lowest BCUT2D eigenvalue weighted by Crippen LogP contribution is -2.16. The van der Waals surface area contributed by atoms with Gasteiger partial charge in [0.25, 0.3) is 20.2 Å². The fourth-order valence-electron chi connectivity index (χ4n) is 4.70. The molecule has 0 amide bonds. The summed E-state index contributed by atoms with van der Waals surface area (Å²) in [6.45, 7) is 0. The Hall–Kier alpha value is -6.74. The maximum Gasteiger partial charge on any atom is 0.351 e. The molecule has 20 heteroatoms. The first-order valence-electron chi connectivity index (χ1n) is 14.8. The van der Waals surface area contributed by atoms with Crippen molar-refractivity contribution in [1.29, 1.82) is 0 Å². The van der Waals surface area contributed by atoms with Crippen LogP contribution in [0.15, 0.2) is 116 Å². The van der Waals surface area contributed by atoms with Gasteiger partial charge >= 0.3 is 11.4 Å². The average molecular weight is 743 g/mol. The summed E-state index contributed by atoms with van der Waals surface area (Å²) in [7, 11) is -9.70. The van der Waals surface area contributed by atoms with Crippen LogP contribution < -0.4 is 32.6 Å². The zero-order valence-corrected chi connectivity index (χ0v) is 28.0. The third-order valence-corrected chi connectivity index (χ3v) is 8.73. The van der Waals surface area contributed by atoms with Gasteiger partial charge in [0.15, 0.2) is 0 Å². The van der Waals surface area contributed by atoms with E-state index in [1.807, 2.05) is 0 Å². The molecule has 6 aromatic rings. The van der Waals surface area contributed by atoms with Crippen LogP contribution in [0, 0.1) is 0 Å². The maximum atomic E-state index is 12.4. The van der Waals surface area contributed by atoms with E-state index in [1.165, 1.54) is 36.4 Å². The second-order valence-corrected chi connectivity index (χ2v) is 13.5. The summed E-state index contributed by atoms with van der Waals surface area (Å²) < 4.78 is 69.6. The van der Waals surface area contributed by atoms with E-state index < -0.39 is 41.4 Å². The molecule has 0 saturated carbocycles. The van der Waals surface area contributed by atoms with E-state index >= 15 is 0 Å². The fourth-order valence-corrected chi connectivity index (χ4v) is 6.12. The Bertz CT molecular complexity index is 2450. The van der Waals surface area contributed by atoms with Gasteiger partial charge < -0.3 is 21.3 Å². The van der Waals surface area contributed by atoms with Gasteiger partial charge in [0.2, 0.25) is 23.8 Å². The second kappa shape index (κ2) is 14.6. The van der Waals surface area contributed by atoms with Crippen molar-refractivity contribution in [3.05, 3.63) is 129 Å². The van der Waals surface area contributed by atoms with E-state index in [4.69, 9.17) is 0 Å². The first kappa shape index (κ1) is 35.1. The topological polar surface area (TPSA) is 274 Å². The van der Waals surface area contributed by atoms with Crippen LogP contribution in [0.2, 0.25) is 0 Å². The van der Waals surface area contributed by atoms with Gasteiger partial charge in [-0.25, -0.2) is 9.59 Å². The Morgan fingerprint density at radius 3 is 1.25 bits per heavy atom. The molecular formula is C32H26N10O8S2. The van der Waals surface area contributed by atoms with Gasteiger partial charge in [0.1, 0.15) is 9.79 Å². The Kier molecular flexibility index (Phi) is 9.87. The molecule has 0 aliphatic heterocycles. The number of aromatic amines is 2. The van der Waals surface area contributed by atoms with Crippen molar-refractivity contribution in [2.75, 3.05) is 21.3 Å². The Labute approximate surface area is 294 Å². The molecule has 0 aliphatic rings. The zero-order valence-electron chi connectivity index (χ0n) is 26.3. The molecular weight excluding hydrogens is 717 g/mol. The lowest BCUT2D eigenvalue weighted by atomic mass is 10.1. The van der Waals surface area contributed by atoms with E-state index in [0.29, 0.717) is 11.4 Å². The van der Waals surface area contributed by atoms with Crippen LogP contribution >= 0.6 is 0 Å². The smallest absolute Gasteiger partial charge is 0.326 e. The Balaban J connectivity index is 1.25. The molecule has 0 spiro atoms. The molecule has 18 nitrogen and oxygen atoms in total. The standard InChI is InChI=1S/C32H26N10O8S2/c43-31-39-27(33-21-7-3-1-4-8-21)37-29(41-31)35-23-15-13-19(25(17-23)51(45,46)47)11-12-20-14-16-24(18-26(20)52(48,49)50)36-30-38-28(40-32(44)42-30)34-22-9-5-2-6-10-22/h1-18H,(H,45,46,47)(H,48,49,50)(H3,33,35,37,39,41,43)(H3,34,36,38,40,42,44). The summed E-state index contributed by atoms with van der Waals surface area (Å²) in [5.74, 6) is -0.274. The highest BCUT2D eigenvalue weighted by Gasteiger charge is 2.18. The number of anilines is 8. The third kappa shape index (κ3) is 9.08. The number of rotatable bonds is 12. The van der Waals surface area contributed by atoms with Gasteiger partial charge in [-0.05, 0) is 59.7 Å². The largest absolute Gasteiger partial charge is 0.351 e. The number of aromatic nitrogens is 6. The van der Waals surface area contributed by atoms with Crippen LogP contribution in [0.5, 0.6) is 0 Å². The molecule has 0 fully saturated rings. The van der Waals surface area contributed by atoms with Gasteiger partial charge in [0, 0.05) is 22.7 Å². The lowest BCUT2D eigenvalue weighted by Gasteiger charge is -2.11. The van der Waals surface area contributed by atoms with Crippen molar-refractivity contribution in [1.82, 2.24) is 29.9 Å². The first-order chi connectivity index (χ1) is 24.8. The quantitative estimate of drug-likeness (QED) is 0.0642. The minimum absolute atomic E-state index is 0.0435. The number of benzene rings is 4. The monoisotopic (exact) mass is 742 g/mol. The van der Waals surface area contributed by atoms with Gasteiger partial charge in [-0.15, -0.1) is 0 Å². The van der Waals surface area contributed by atoms with Gasteiger partial charge in [-0.2, -0.15) is 36.8 Å². The van der Waals surface area contributed by atoms with Crippen LogP contribution in [0.4, 0.5) is 46.5 Å². The zero-order chi connectivity index (χ0) is 36.9. The van der Waals surface area contributed by atoms with Crippen LogP contribution in [0.1, 0.15) is 11.1 Å².